The molecule has 148 valence electrons. The highest BCUT2D eigenvalue weighted by Gasteiger charge is 2.23. The lowest BCUT2D eigenvalue weighted by Crippen LogP contribution is -2.12. The number of rotatable bonds is 9. The van der Waals surface area contributed by atoms with Gasteiger partial charge in [-0.15, -0.1) is 0 Å². The molecule has 0 aliphatic rings. The van der Waals surface area contributed by atoms with Gasteiger partial charge in [0.2, 0.25) is 0 Å². The van der Waals surface area contributed by atoms with Gasteiger partial charge in [0.25, 0.3) is 0 Å². The molecular weight excluding hydrogens is 332 g/mol. The smallest absolute Gasteiger partial charge is 0.0705 e. The first-order chi connectivity index (χ1) is 12.9. The van der Waals surface area contributed by atoms with Crippen molar-refractivity contribution in [2.45, 2.75) is 85.3 Å². The number of aliphatic hydroxyl groups is 1. The molecule has 0 amide bonds. The van der Waals surface area contributed by atoms with Crippen LogP contribution in [0, 0.1) is 0 Å². The lowest BCUT2D eigenvalue weighted by Gasteiger charge is -2.24. The van der Waals surface area contributed by atoms with Crippen molar-refractivity contribution in [1.29, 1.82) is 0 Å². The van der Waals surface area contributed by atoms with Gasteiger partial charge in [-0.25, -0.2) is 0 Å². The Morgan fingerprint density at radius 1 is 1.00 bits per heavy atom. The highest BCUT2D eigenvalue weighted by molar-refractivity contribution is 5.73. The van der Waals surface area contributed by atoms with Crippen LogP contribution in [0.1, 0.15) is 93.8 Å². The monoisotopic (exact) mass is 368 g/mol. The summed E-state index contributed by atoms with van der Waals surface area (Å²) in [4.78, 5) is 5.07. The molecule has 2 rings (SSSR count). The summed E-state index contributed by atoms with van der Waals surface area (Å²) >= 11 is 0. The van der Waals surface area contributed by atoms with Crippen LogP contribution < -0.4 is 5.73 Å². The normalized spacial score (nSPS) is 11.6. The summed E-state index contributed by atoms with van der Waals surface area (Å²) in [6, 6.07) is 8.45. The molecule has 3 N–H and O–H groups in total. The van der Waals surface area contributed by atoms with E-state index in [0.717, 1.165) is 35.2 Å². The van der Waals surface area contributed by atoms with Crippen molar-refractivity contribution in [3.8, 4) is 11.1 Å². The third kappa shape index (κ3) is 4.97. The summed E-state index contributed by atoms with van der Waals surface area (Å²) in [5, 5.41) is 10.3. The minimum absolute atomic E-state index is 0.0157. The number of pyridine rings is 1. The van der Waals surface area contributed by atoms with Gasteiger partial charge in [0.1, 0.15) is 0 Å². The Morgan fingerprint density at radius 3 is 2.22 bits per heavy atom. The lowest BCUT2D eigenvalue weighted by atomic mass is 9.85. The SMILES string of the molecule is CCCCCc1c(C(C)C)nc(C(C)C)c(CO)c1-c1cccc(CN)c1. The number of unbranched alkanes of at least 4 members (excludes halogenated alkanes) is 2. The molecule has 2 aromatic rings. The van der Waals surface area contributed by atoms with Gasteiger partial charge in [0.05, 0.1) is 6.61 Å². The first-order valence-electron chi connectivity index (χ1n) is 10.4. The molecule has 1 aromatic heterocycles. The van der Waals surface area contributed by atoms with E-state index < -0.39 is 0 Å². The standard InChI is InChI=1S/C24H36N2O/c1-6-7-8-12-20-22(19-11-9-10-18(13-19)14-25)21(15-27)24(17(4)5)26-23(20)16(2)3/h9-11,13,16-17,27H,6-8,12,14-15,25H2,1-5H3. The average molecular weight is 369 g/mol. The molecule has 0 fully saturated rings. The van der Waals surface area contributed by atoms with Crippen molar-refractivity contribution < 1.29 is 5.11 Å². The number of hydrogen-bond donors (Lipinski definition) is 2. The number of benzene rings is 1. The Balaban J connectivity index is 2.80. The quantitative estimate of drug-likeness (QED) is 0.560. The number of aromatic nitrogens is 1. The summed E-state index contributed by atoms with van der Waals surface area (Å²) < 4.78 is 0. The molecule has 0 aliphatic carbocycles. The van der Waals surface area contributed by atoms with E-state index in [1.165, 1.54) is 29.7 Å². The minimum atomic E-state index is 0.0157. The van der Waals surface area contributed by atoms with Gasteiger partial charge < -0.3 is 10.8 Å². The molecular formula is C24H36N2O. The summed E-state index contributed by atoms with van der Waals surface area (Å²) in [7, 11) is 0. The molecule has 0 spiro atoms. The van der Waals surface area contributed by atoms with Crippen molar-refractivity contribution in [1.82, 2.24) is 4.98 Å². The maximum absolute atomic E-state index is 10.3. The first-order valence-corrected chi connectivity index (χ1v) is 10.4. The van der Waals surface area contributed by atoms with Crippen LogP contribution in [0.3, 0.4) is 0 Å². The molecule has 3 nitrogen and oxygen atoms in total. The fourth-order valence-electron chi connectivity index (χ4n) is 3.83. The van der Waals surface area contributed by atoms with Gasteiger partial charge in [0, 0.05) is 23.5 Å². The highest BCUT2D eigenvalue weighted by atomic mass is 16.3. The van der Waals surface area contributed by atoms with Crippen molar-refractivity contribution in [3.63, 3.8) is 0 Å². The maximum Gasteiger partial charge on any atom is 0.0705 e. The van der Waals surface area contributed by atoms with Gasteiger partial charge in [-0.05, 0) is 53.0 Å². The molecule has 1 heterocycles. The van der Waals surface area contributed by atoms with Crippen LogP contribution in [-0.2, 0) is 19.6 Å². The van der Waals surface area contributed by atoms with E-state index in [2.05, 4.69) is 58.9 Å². The van der Waals surface area contributed by atoms with E-state index in [1.807, 2.05) is 0 Å². The Bertz CT molecular complexity index is 750. The van der Waals surface area contributed by atoms with Gasteiger partial charge in [0.15, 0.2) is 0 Å². The zero-order valence-electron chi connectivity index (χ0n) is 17.7. The molecule has 3 heteroatoms. The predicted octanol–water partition coefficient (Wildman–Crippen LogP) is 5.68. The maximum atomic E-state index is 10.3. The summed E-state index contributed by atoms with van der Waals surface area (Å²) in [6.07, 6.45) is 4.55. The third-order valence-electron chi connectivity index (χ3n) is 5.20. The third-order valence-corrected chi connectivity index (χ3v) is 5.20. The van der Waals surface area contributed by atoms with Crippen molar-refractivity contribution in [3.05, 3.63) is 52.3 Å². The summed E-state index contributed by atoms with van der Waals surface area (Å²) in [5.41, 5.74) is 13.8. The fraction of sp³-hybridized carbons (Fsp3) is 0.542. The van der Waals surface area contributed by atoms with Crippen LogP contribution in [0.25, 0.3) is 11.1 Å². The fourth-order valence-corrected chi connectivity index (χ4v) is 3.83. The van der Waals surface area contributed by atoms with E-state index in [1.54, 1.807) is 0 Å². The number of nitrogens with two attached hydrogens (primary N) is 1. The lowest BCUT2D eigenvalue weighted by molar-refractivity contribution is 0.279. The second kappa shape index (κ2) is 10.0. The summed E-state index contributed by atoms with van der Waals surface area (Å²) in [5.74, 6) is 0.620. The van der Waals surface area contributed by atoms with Crippen LogP contribution in [0.4, 0.5) is 0 Å². The number of aliphatic hydroxyl groups excluding tert-OH is 1. The van der Waals surface area contributed by atoms with Crippen molar-refractivity contribution in [2.24, 2.45) is 5.73 Å². The van der Waals surface area contributed by atoms with Gasteiger partial charge in [-0.1, -0.05) is 65.7 Å². The topological polar surface area (TPSA) is 59.1 Å². The van der Waals surface area contributed by atoms with Crippen molar-refractivity contribution >= 4 is 0 Å². The van der Waals surface area contributed by atoms with E-state index >= 15 is 0 Å². The van der Waals surface area contributed by atoms with Gasteiger partial charge in [-0.2, -0.15) is 0 Å². The van der Waals surface area contributed by atoms with Crippen LogP contribution in [0.2, 0.25) is 0 Å². The Morgan fingerprint density at radius 2 is 1.67 bits per heavy atom. The predicted molar refractivity (Wildman–Crippen MR) is 115 cm³/mol. The molecule has 0 bridgehead atoms. The van der Waals surface area contributed by atoms with Crippen molar-refractivity contribution in [2.75, 3.05) is 0 Å². The van der Waals surface area contributed by atoms with E-state index in [9.17, 15) is 5.11 Å². The Kier molecular flexibility index (Phi) is 8.00. The van der Waals surface area contributed by atoms with Gasteiger partial charge in [-0.3, -0.25) is 4.98 Å². The largest absolute Gasteiger partial charge is 0.392 e. The number of nitrogens with zero attached hydrogens (tertiary/aromatic N) is 1. The molecule has 27 heavy (non-hydrogen) atoms. The van der Waals surface area contributed by atoms with E-state index in [4.69, 9.17) is 10.7 Å². The molecule has 0 aliphatic heterocycles. The molecule has 0 saturated heterocycles. The van der Waals surface area contributed by atoms with Crippen LogP contribution in [-0.4, -0.2) is 10.1 Å². The molecule has 0 saturated carbocycles. The number of hydrogen-bond acceptors (Lipinski definition) is 3. The molecule has 0 unspecified atom stereocenters. The zero-order chi connectivity index (χ0) is 20.0. The zero-order valence-corrected chi connectivity index (χ0v) is 17.7. The minimum Gasteiger partial charge on any atom is -0.392 e. The van der Waals surface area contributed by atoms with Crippen LogP contribution in [0.5, 0.6) is 0 Å². The average Bonchev–Trinajstić information content (AvgIpc) is 2.66. The molecule has 0 radical (unpaired) electrons. The summed E-state index contributed by atoms with van der Waals surface area (Å²) in [6.45, 7) is 11.5. The van der Waals surface area contributed by atoms with E-state index in [0.29, 0.717) is 12.5 Å². The van der Waals surface area contributed by atoms with Crippen LogP contribution >= 0.6 is 0 Å². The molecule has 0 atom stereocenters. The van der Waals surface area contributed by atoms with Gasteiger partial charge >= 0.3 is 0 Å². The Labute approximate surface area is 165 Å². The van der Waals surface area contributed by atoms with E-state index in [-0.39, 0.29) is 12.5 Å². The molecule has 1 aromatic carbocycles. The second-order valence-electron chi connectivity index (χ2n) is 8.04. The van der Waals surface area contributed by atoms with Crippen LogP contribution in [0.15, 0.2) is 24.3 Å². The first kappa shape index (κ1) is 21.6. The second-order valence-corrected chi connectivity index (χ2v) is 8.04. The Hall–Kier alpha value is -1.71. The highest BCUT2D eigenvalue weighted by Crippen LogP contribution is 2.37.